The van der Waals surface area contributed by atoms with Gasteiger partial charge in [0.15, 0.2) is 0 Å². The van der Waals surface area contributed by atoms with Gasteiger partial charge in [0, 0.05) is 24.8 Å². The van der Waals surface area contributed by atoms with E-state index in [1.54, 1.807) is 11.0 Å². The first-order valence-corrected chi connectivity index (χ1v) is 6.84. The standard InChI is InChI=1S/C15H25N3O/c1-10(2)6-7-18(5)15(19)12-8-13(11(3)4)17-14(16)9-12/h8-11H,6-7H2,1-5H3,(H2,16,17). The molecule has 4 nitrogen and oxygen atoms in total. The molecule has 2 N–H and O–H groups in total. The monoisotopic (exact) mass is 263 g/mol. The summed E-state index contributed by atoms with van der Waals surface area (Å²) in [5.41, 5.74) is 7.26. The van der Waals surface area contributed by atoms with Gasteiger partial charge in [-0.3, -0.25) is 4.79 Å². The van der Waals surface area contributed by atoms with Gasteiger partial charge in [-0.1, -0.05) is 27.7 Å². The van der Waals surface area contributed by atoms with Crippen LogP contribution in [-0.2, 0) is 0 Å². The van der Waals surface area contributed by atoms with Crippen LogP contribution in [0.3, 0.4) is 0 Å². The van der Waals surface area contributed by atoms with E-state index in [0.29, 0.717) is 17.3 Å². The van der Waals surface area contributed by atoms with Gasteiger partial charge >= 0.3 is 0 Å². The number of amides is 1. The van der Waals surface area contributed by atoms with Crippen LogP contribution in [0.25, 0.3) is 0 Å². The van der Waals surface area contributed by atoms with Crippen molar-refractivity contribution in [3.05, 3.63) is 23.4 Å². The third kappa shape index (κ3) is 4.54. The smallest absolute Gasteiger partial charge is 0.253 e. The van der Waals surface area contributed by atoms with E-state index in [2.05, 4.69) is 18.8 Å². The Bertz CT molecular complexity index is 441. The zero-order valence-electron chi connectivity index (χ0n) is 12.6. The quantitative estimate of drug-likeness (QED) is 0.888. The summed E-state index contributed by atoms with van der Waals surface area (Å²) in [7, 11) is 1.83. The van der Waals surface area contributed by atoms with Crippen molar-refractivity contribution in [2.75, 3.05) is 19.3 Å². The Morgan fingerprint density at radius 2 is 1.95 bits per heavy atom. The number of nitrogens with two attached hydrogens (primary N) is 1. The fourth-order valence-electron chi connectivity index (χ4n) is 1.77. The minimum Gasteiger partial charge on any atom is -0.384 e. The number of hydrogen-bond donors (Lipinski definition) is 1. The molecule has 1 amide bonds. The second-order valence-electron chi connectivity index (χ2n) is 5.77. The number of carbonyl (C=O) groups excluding carboxylic acids is 1. The van der Waals surface area contributed by atoms with Gasteiger partial charge in [-0.2, -0.15) is 0 Å². The van der Waals surface area contributed by atoms with E-state index >= 15 is 0 Å². The molecule has 19 heavy (non-hydrogen) atoms. The van der Waals surface area contributed by atoms with E-state index in [-0.39, 0.29) is 11.8 Å². The molecule has 0 unspecified atom stereocenters. The second kappa shape index (κ2) is 6.55. The van der Waals surface area contributed by atoms with Gasteiger partial charge in [0.25, 0.3) is 5.91 Å². The Labute approximate surface area is 116 Å². The van der Waals surface area contributed by atoms with Crippen LogP contribution in [0.2, 0.25) is 0 Å². The molecular weight excluding hydrogens is 238 g/mol. The average molecular weight is 263 g/mol. The highest BCUT2D eigenvalue weighted by molar-refractivity contribution is 5.94. The van der Waals surface area contributed by atoms with Crippen molar-refractivity contribution in [3.8, 4) is 0 Å². The fourth-order valence-corrected chi connectivity index (χ4v) is 1.77. The Morgan fingerprint density at radius 3 is 2.47 bits per heavy atom. The van der Waals surface area contributed by atoms with E-state index in [4.69, 9.17) is 5.73 Å². The lowest BCUT2D eigenvalue weighted by molar-refractivity contribution is 0.0789. The van der Waals surface area contributed by atoms with E-state index < -0.39 is 0 Å². The summed E-state index contributed by atoms with van der Waals surface area (Å²) in [4.78, 5) is 18.3. The third-order valence-electron chi connectivity index (χ3n) is 3.09. The molecule has 1 rings (SSSR count). The van der Waals surface area contributed by atoms with Gasteiger partial charge < -0.3 is 10.6 Å². The fraction of sp³-hybridized carbons (Fsp3) is 0.600. The first-order valence-electron chi connectivity index (χ1n) is 6.84. The van der Waals surface area contributed by atoms with E-state index in [1.807, 2.05) is 27.0 Å². The highest BCUT2D eigenvalue weighted by Crippen LogP contribution is 2.17. The van der Waals surface area contributed by atoms with Crippen LogP contribution in [0, 0.1) is 5.92 Å². The summed E-state index contributed by atoms with van der Waals surface area (Å²) in [6, 6.07) is 3.50. The van der Waals surface area contributed by atoms with Gasteiger partial charge in [0.1, 0.15) is 5.82 Å². The summed E-state index contributed by atoms with van der Waals surface area (Å²) >= 11 is 0. The molecular formula is C15H25N3O. The molecule has 0 aliphatic heterocycles. The zero-order chi connectivity index (χ0) is 14.6. The average Bonchev–Trinajstić information content (AvgIpc) is 2.34. The predicted octanol–water partition coefficient (Wildman–Crippen LogP) is 2.91. The summed E-state index contributed by atoms with van der Waals surface area (Å²) in [5.74, 6) is 1.27. The highest BCUT2D eigenvalue weighted by atomic mass is 16.2. The van der Waals surface area contributed by atoms with Gasteiger partial charge in [-0.15, -0.1) is 0 Å². The normalized spacial score (nSPS) is 11.1. The number of nitrogen functional groups attached to an aromatic ring is 1. The van der Waals surface area contributed by atoms with Crippen LogP contribution in [0.15, 0.2) is 12.1 Å². The summed E-state index contributed by atoms with van der Waals surface area (Å²) in [6.07, 6.45) is 1.000. The van der Waals surface area contributed by atoms with Gasteiger partial charge in [0.05, 0.1) is 0 Å². The van der Waals surface area contributed by atoms with Crippen molar-refractivity contribution >= 4 is 11.7 Å². The SMILES string of the molecule is CC(C)CCN(C)C(=O)c1cc(N)nc(C(C)C)c1. The Balaban J connectivity index is 2.87. The lowest BCUT2D eigenvalue weighted by Gasteiger charge is -2.19. The van der Waals surface area contributed by atoms with E-state index in [1.165, 1.54) is 0 Å². The Morgan fingerprint density at radius 1 is 1.32 bits per heavy atom. The summed E-state index contributed by atoms with van der Waals surface area (Å²) in [6.45, 7) is 9.14. The van der Waals surface area contributed by atoms with Crippen molar-refractivity contribution in [3.63, 3.8) is 0 Å². The molecule has 0 aromatic carbocycles. The van der Waals surface area contributed by atoms with Crippen molar-refractivity contribution in [2.24, 2.45) is 5.92 Å². The van der Waals surface area contributed by atoms with Crippen molar-refractivity contribution in [1.82, 2.24) is 9.88 Å². The topological polar surface area (TPSA) is 59.2 Å². The number of hydrogen-bond acceptors (Lipinski definition) is 3. The molecule has 0 atom stereocenters. The van der Waals surface area contributed by atoms with Crippen LogP contribution in [-0.4, -0.2) is 29.4 Å². The number of nitrogens with zero attached hydrogens (tertiary/aromatic N) is 2. The maximum Gasteiger partial charge on any atom is 0.253 e. The molecule has 4 heteroatoms. The molecule has 0 radical (unpaired) electrons. The van der Waals surface area contributed by atoms with Crippen LogP contribution in [0.1, 0.15) is 56.1 Å². The van der Waals surface area contributed by atoms with Crippen LogP contribution in [0.5, 0.6) is 0 Å². The minimum atomic E-state index is 0.0108. The number of anilines is 1. The van der Waals surface area contributed by atoms with Crippen LogP contribution < -0.4 is 5.73 Å². The number of carbonyl (C=O) groups is 1. The van der Waals surface area contributed by atoms with E-state index in [0.717, 1.165) is 18.7 Å². The molecule has 0 fully saturated rings. The lowest BCUT2D eigenvalue weighted by atomic mass is 10.1. The number of aromatic nitrogens is 1. The third-order valence-corrected chi connectivity index (χ3v) is 3.09. The molecule has 1 heterocycles. The number of pyridine rings is 1. The first-order chi connectivity index (χ1) is 8.81. The molecule has 0 aliphatic carbocycles. The van der Waals surface area contributed by atoms with E-state index in [9.17, 15) is 4.79 Å². The van der Waals surface area contributed by atoms with Crippen LogP contribution >= 0.6 is 0 Å². The molecule has 0 spiro atoms. The molecule has 106 valence electrons. The molecule has 0 aliphatic rings. The summed E-state index contributed by atoms with van der Waals surface area (Å²) in [5, 5.41) is 0. The lowest BCUT2D eigenvalue weighted by Crippen LogP contribution is -2.28. The van der Waals surface area contributed by atoms with Crippen molar-refractivity contribution in [1.29, 1.82) is 0 Å². The molecule has 1 aromatic heterocycles. The van der Waals surface area contributed by atoms with Crippen molar-refractivity contribution < 1.29 is 4.79 Å². The molecule has 0 saturated carbocycles. The second-order valence-corrected chi connectivity index (χ2v) is 5.77. The van der Waals surface area contributed by atoms with Gasteiger partial charge in [0.2, 0.25) is 0 Å². The molecule has 0 saturated heterocycles. The number of rotatable bonds is 5. The Kier molecular flexibility index (Phi) is 5.33. The summed E-state index contributed by atoms with van der Waals surface area (Å²) < 4.78 is 0. The maximum absolute atomic E-state index is 12.3. The van der Waals surface area contributed by atoms with Gasteiger partial charge in [-0.25, -0.2) is 4.98 Å². The highest BCUT2D eigenvalue weighted by Gasteiger charge is 2.15. The van der Waals surface area contributed by atoms with Gasteiger partial charge in [-0.05, 0) is 30.4 Å². The zero-order valence-corrected chi connectivity index (χ0v) is 12.6. The molecule has 1 aromatic rings. The van der Waals surface area contributed by atoms with Crippen LogP contribution in [0.4, 0.5) is 5.82 Å². The maximum atomic E-state index is 12.3. The molecule has 0 bridgehead atoms. The minimum absolute atomic E-state index is 0.0108. The van der Waals surface area contributed by atoms with Crippen molar-refractivity contribution in [2.45, 2.75) is 40.0 Å². The largest absolute Gasteiger partial charge is 0.384 e. The predicted molar refractivity (Wildman–Crippen MR) is 79.2 cm³/mol. The Hall–Kier alpha value is -1.58. The first kappa shape index (κ1) is 15.5.